The first-order chi connectivity index (χ1) is 7.07. The maximum absolute atomic E-state index is 13.2. The highest BCUT2D eigenvalue weighted by Gasteiger charge is 2.19. The van der Waals surface area contributed by atoms with E-state index in [4.69, 9.17) is 10.8 Å². The minimum absolute atomic E-state index is 0. The molecule has 0 saturated carbocycles. The Labute approximate surface area is 97.7 Å². The van der Waals surface area contributed by atoms with Gasteiger partial charge in [-0.1, -0.05) is 0 Å². The second kappa shape index (κ2) is 6.73. The van der Waals surface area contributed by atoms with Gasteiger partial charge in [-0.2, -0.15) is 0 Å². The normalized spacial score (nSPS) is 12.1. The molecule has 0 unspecified atom stereocenters. The Balaban J connectivity index is 0.00000225. The molecule has 1 rings (SSSR count). The largest absolute Gasteiger partial charge is 0.396 e. The molecule has 0 spiro atoms. The summed E-state index contributed by atoms with van der Waals surface area (Å²) in [5.74, 6) is -3.23. The van der Waals surface area contributed by atoms with Crippen LogP contribution < -0.4 is 5.73 Å². The molecule has 0 amide bonds. The second-order valence-corrected chi connectivity index (χ2v) is 3.23. The standard InChI is InChI=1S/C10H12F3NO.ClH/c11-6-3-4-7(12)10(13)9(6)8(14)2-1-5-15;/h3-4,8,15H,1-2,5,14H2;1H/t8-;/m1./s1. The summed E-state index contributed by atoms with van der Waals surface area (Å²) in [6, 6.07) is 0.618. The van der Waals surface area contributed by atoms with Gasteiger partial charge in [0.05, 0.1) is 0 Å². The van der Waals surface area contributed by atoms with Crippen LogP contribution in [0.1, 0.15) is 24.4 Å². The van der Waals surface area contributed by atoms with Gasteiger partial charge in [-0.05, 0) is 25.0 Å². The lowest BCUT2D eigenvalue weighted by Crippen LogP contribution is -2.15. The van der Waals surface area contributed by atoms with Crippen molar-refractivity contribution in [2.45, 2.75) is 18.9 Å². The van der Waals surface area contributed by atoms with Crippen LogP contribution in [0.3, 0.4) is 0 Å². The van der Waals surface area contributed by atoms with Gasteiger partial charge < -0.3 is 10.8 Å². The third-order valence-electron chi connectivity index (χ3n) is 2.12. The first-order valence-electron chi connectivity index (χ1n) is 4.57. The van der Waals surface area contributed by atoms with E-state index in [9.17, 15) is 13.2 Å². The zero-order valence-corrected chi connectivity index (χ0v) is 9.24. The summed E-state index contributed by atoms with van der Waals surface area (Å²) in [6.07, 6.45) is 0.518. The van der Waals surface area contributed by atoms with Crippen LogP contribution in [0.5, 0.6) is 0 Å². The van der Waals surface area contributed by atoms with Gasteiger partial charge in [0, 0.05) is 18.2 Å². The van der Waals surface area contributed by atoms with Crippen molar-refractivity contribution < 1.29 is 18.3 Å². The fraction of sp³-hybridized carbons (Fsp3) is 0.400. The molecule has 0 radical (unpaired) electrons. The first kappa shape index (κ1) is 15.2. The molecule has 6 heteroatoms. The topological polar surface area (TPSA) is 46.2 Å². The lowest BCUT2D eigenvalue weighted by molar-refractivity contribution is 0.278. The minimum Gasteiger partial charge on any atom is -0.396 e. The molecule has 2 nitrogen and oxygen atoms in total. The number of aliphatic hydroxyl groups is 1. The van der Waals surface area contributed by atoms with Crippen molar-refractivity contribution in [1.82, 2.24) is 0 Å². The SMILES string of the molecule is Cl.N[C@H](CCCO)c1c(F)ccc(F)c1F. The number of hydrogen-bond acceptors (Lipinski definition) is 2. The van der Waals surface area contributed by atoms with Crippen molar-refractivity contribution in [1.29, 1.82) is 0 Å². The molecule has 0 saturated heterocycles. The third-order valence-corrected chi connectivity index (χ3v) is 2.12. The van der Waals surface area contributed by atoms with Gasteiger partial charge in [-0.15, -0.1) is 12.4 Å². The van der Waals surface area contributed by atoms with E-state index in [0.29, 0.717) is 12.5 Å². The average molecular weight is 256 g/mol. The zero-order chi connectivity index (χ0) is 11.4. The van der Waals surface area contributed by atoms with E-state index in [0.717, 1.165) is 6.07 Å². The predicted octanol–water partition coefficient (Wildman–Crippen LogP) is 2.30. The van der Waals surface area contributed by atoms with E-state index in [1.165, 1.54) is 0 Å². The maximum atomic E-state index is 13.2. The molecule has 3 N–H and O–H groups in total. The van der Waals surface area contributed by atoms with Crippen molar-refractivity contribution in [3.8, 4) is 0 Å². The Morgan fingerprint density at radius 1 is 1.19 bits per heavy atom. The fourth-order valence-corrected chi connectivity index (χ4v) is 1.34. The number of benzene rings is 1. The van der Waals surface area contributed by atoms with Gasteiger partial charge in [0.2, 0.25) is 0 Å². The van der Waals surface area contributed by atoms with E-state index in [1.54, 1.807) is 0 Å². The maximum Gasteiger partial charge on any atom is 0.166 e. The van der Waals surface area contributed by atoms with Crippen molar-refractivity contribution in [2.75, 3.05) is 6.61 Å². The van der Waals surface area contributed by atoms with E-state index >= 15 is 0 Å². The fourth-order valence-electron chi connectivity index (χ4n) is 1.34. The van der Waals surface area contributed by atoms with Gasteiger partial charge >= 0.3 is 0 Å². The monoisotopic (exact) mass is 255 g/mol. The van der Waals surface area contributed by atoms with E-state index < -0.39 is 29.1 Å². The third kappa shape index (κ3) is 3.37. The lowest BCUT2D eigenvalue weighted by Gasteiger charge is -2.13. The summed E-state index contributed by atoms with van der Waals surface area (Å²) >= 11 is 0. The molecule has 16 heavy (non-hydrogen) atoms. The molecule has 0 fully saturated rings. The van der Waals surface area contributed by atoms with E-state index in [2.05, 4.69) is 0 Å². The Kier molecular flexibility index (Phi) is 6.40. The molecule has 0 aliphatic carbocycles. The highest BCUT2D eigenvalue weighted by atomic mass is 35.5. The summed E-state index contributed by atoms with van der Waals surface area (Å²) in [4.78, 5) is 0. The highest BCUT2D eigenvalue weighted by molar-refractivity contribution is 5.85. The smallest absolute Gasteiger partial charge is 0.166 e. The van der Waals surface area contributed by atoms with Crippen molar-refractivity contribution in [2.24, 2.45) is 5.73 Å². The van der Waals surface area contributed by atoms with E-state index in [-0.39, 0.29) is 25.4 Å². The molecule has 1 aromatic rings. The van der Waals surface area contributed by atoms with E-state index in [1.807, 2.05) is 0 Å². The van der Waals surface area contributed by atoms with Gasteiger partial charge in [0.15, 0.2) is 11.6 Å². The quantitative estimate of drug-likeness (QED) is 0.811. The highest BCUT2D eigenvalue weighted by Crippen LogP contribution is 2.24. The predicted molar refractivity (Wildman–Crippen MR) is 56.8 cm³/mol. The number of rotatable bonds is 4. The molecule has 0 aliphatic rings. The molecular formula is C10H13ClF3NO. The zero-order valence-electron chi connectivity index (χ0n) is 8.42. The molecule has 1 atom stereocenters. The van der Waals surface area contributed by atoms with Crippen LogP contribution in [0.2, 0.25) is 0 Å². The summed E-state index contributed by atoms with van der Waals surface area (Å²) in [6.45, 7) is -0.119. The Morgan fingerprint density at radius 2 is 1.75 bits per heavy atom. The second-order valence-electron chi connectivity index (χ2n) is 3.23. The molecule has 0 heterocycles. The molecule has 0 bridgehead atoms. The Morgan fingerprint density at radius 3 is 2.31 bits per heavy atom. The minimum atomic E-state index is -1.25. The van der Waals surface area contributed by atoms with Gasteiger partial charge in [-0.3, -0.25) is 0 Å². The van der Waals surface area contributed by atoms with Crippen LogP contribution in [0.15, 0.2) is 12.1 Å². The Bertz CT molecular complexity index is 349. The number of aliphatic hydroxyl groups excluding tert-OH is 1. The summed E-state index contributed by atoms with van der Waals surface area (Å²) in [5.41, 5.74) is 5.04. The lowest BCUT2D eigenvalue weighted by atomic mass is 10.0. The van der Waals surface area contributed by atoms with Crippen molar-refractivity contribution >= 4 is 12.4 Å². The number of hydrogen-bond donors (Lipinski definition) is 2. The van der Waals surface area contributed by atoms with Crippen LogP contribution in [0.25, 0.3) is 0 Å². The number of halogens is 4. The Hall–Kier alpha value is -0.780. The summed E-state index contributed by atoms with van der Waals surface area (Å²) in [7, 11) is 0. The molecule has 1 aromatic carbocycles. The van der Waals surface area contributed by atoms with Crippen LogP contribution in [0.4, 0.5) is 13.2 Å². The molecular weight excluding hydrogens is 243 g/mol. The van der Waals surface area contributed by atoms with Gasteiger partial charge in [0.25, 0.3) is 0 Å². The summed E-state index contributed by atoms with van der Waals surface area (Å²) < 4.78 is 39.1. The van der Waals surface area contributed by atoms with Crippen molar-refractivity contribution in [3.05, 3.63) is 35.1 Å². The van der Waals surface area contributed by atoms with Crippen LogP contribution in [-0.4, -0.2) is 11.7 Å². The van der Waals surface area contributed by atoms with Crippen LogP contribution in [0, 0.1) is 17.5 Å². The summed E-state index contributed by atoms with van der Waals surface area (Å²) in [5, 5.41) is 8.54. The van der Waals surface area contributed by atoms with Crippen LogP contribution >= 0.6 is 12.4 Å². The molecule has 0 aromatic heterocycles. The van der Waals surface area contributed by atoms with Gasteiger partial charge in [0.1, 0.15) is 5.82 Å². The average Bonchev–Trinajstić information content (AvgIpc) is 2.21. The van der Waals surface area contributed by atoms with Crippen molar-refractivity contribution in [3.63, 3.8) is 0 Å². The van der Waals surface area contributed by atoms with Crippen LogP contribution in [-0.2, 0) is 0 Å². The van der Waals surface area contributed by atoms with Gasteiger partial charge in [-0.25, -0.2) is 13.2 Å². The molecule has 92 valence electrons. The number of nitrogens with two attached hydrogens (primary N) is 1. The first-order valence-corrected chi connectivity index (χ1v) is 4.57. The molecule has 0 aliphatic heterocycles.